The van der Waals surface area contributed by atoms with Gasteiger partial charge in [-0.05, 0) is 47.1 Å². The van der Waals surface area contributed by atoms with Gasteiger partial charge in [0.25, 0.3) is 0 Å². The number of aromatic nitrogens is 2. The fraction of sp³-hybridized carbons (Fsp3) is 0.733. The smallest absolute Gasteiger partial charge is 0.317 e. The molecule has 120 valence electrons. The number of likely N-dealkylation sites (N-methyl/N-ethyl adjacent to an activating group) is 1. The van der Waals surface area contributed by atoms with E-state index in [0.717, 1.165) is 24.4 Å². The van der Waals surface area contributed by atoms with Crippen LogP contribution < -0.4 is 5.32 Å². The molecule has 6 heteroatoms. The van der Waals surface area contributed by atoms with E-state index in [1.165, 1.54) is 0 Å². The number of urea groups is 1. The third-order valence-electron chi connectivity index (χ3n) is 3.17. The minimum atomic E-state index is -0.878. The zero-order valence-electron chi connectivity index (χ0n) is 13.8. The normalized spacial score (nSPS) is 11.5. The van der Waals surface area contributed by atoms with Gasteiger partial charge in [0.15, 0.2) is 0 Å². The average Bonchev–Trinajstić information content (AvgIpc) is 2.69. The van der Waals surface area contributed by atoms with E-state index in [9.17, 15) is 9.90 Å². The standard InChI is InChI=1S/C15H28N4O2/c1-6-18(11-15(4,5)21)14(20)16-8-7-9-19-13(3)10-12(2)17-19/h10,21H,6-9,11H2,1-5H3,(H,16,20). The van der Waals surface area contributed by atoms with Crippen LogP contribution in [-0.2, 0) is 6.54 Å². The predicted molar refractivity (Wildman–Crippen MR) is 83.3 cm³/mol. The second-order valence-electron chi connectivity index (χ2n) is 6.06. The molecule has 0 saturated heterocycles. The van der Waals surface area contributed by atoms with E-state index in [1.807, 2.05) is 31.5 Å². The number of amides is 2. The minimum Gasteiger partial charge on any atom is -0.389 e. The summed E-state index contributed by atoms with van der Waals surface area (Å²) in [6, 6.07) is 1.91. The number of nitrogens with one attached hydrogen (secondary N) is 1. The largest absolute Gasteiger partial charge is 0.389 e. The highest BCUT2D eigenvalue weighted by molar-refractivity contribution is 5.74. The highest BCUT2D eigenvalue weighted by Gasteiger charge is 2.20. The van der Waals surface area contributed by atoms with E-state index in [0.29, 0.717) is 19.6 Å². The maximum Gasteiger partial charge on any atom is 0.317 e. The summed E-state index contributed by atoms with van der Waals surface area (Å²) in [6.45, 7) is 11.6. The van der Waals surface area contributed by atoms with Crippen molar-refractivity contribution >= 4 is 6.03 Å². The van der Waals surface area contributed by atoms with Crippen LogP contribution >= 0.6 is 0 Å². The number of nitrogens with zero attached hydrogens (tertiary/aromatic N) is 3. The van der Waals surface area contributed by atoms with E-state index >= 15 is 0 Å². The summed E-state index contributed by atoms with van der Waals surface area (Å²) in [4.78, 5) is 13.6. The van der Waals surface area contributed by atoms with Crippen LogP contribution in [0.25, 0.3) is 0 Å². The summed E-state index contributed by atoms with van der Waals surface area (Å²) in [5, 5.41) is 17.1. The van der Waals surface area contributed by atoms with Crippen molar-refractivity contribution in [3.63, 3.8) is 0 Å². The molecule has 2 N–H and O–H groups in total. The van der Waals surface area contributed by atoms with Gasteiger partial charge in [-0.1, -0.05) is 0 Å². The van der Waals surface area contributed by atoms with Gasteiger partial charge >= 0.3 is 6.03 Å². The molecular formula is C15H28N4O2. The number of hydrogen-bond donors (Lipinski definition) is 2. The highest BCUT2D eigenvalue weighted by atomic mass is 16.3. The summed E-state index contributed by atoms with van der Waals surface area (Å²) >= 11 is 0. The van der Waals surface area contributed by atoms with Gasteiger partial charge in [0.2, 0.25) is 0 Å². The Morgan fingerprint density at radius 3 is 2.62 bits per heavy atom. The third-order valence-corrected chi connectivity index (χ3v) is 3.17. The molecule has 21 heavy (non-hydrogen) atoms. The van der Waals surface area contributed by atoms with Gasteiger partial charge in [0, 0.05) is 25.3 Å². The molecule has 0 fully saturated rings. The molecule has 0 radical (unpaired) electrons. The van der Waals surface area contributed by atoms with E-state index in [1.54, 1.807) is 18.7 Å². The van der Waals surface area contributed by atoms with Gasteiger partial charge in [0.1, 0.15) is 0 Å². The van der Waals surface area contributed by atoms with Gasteiger partial charge in [-0.25, -0.2) is 4.79 Å². The summed E-state index contributed by atoms with van der Waals surface area (Å²) in [7, 11) is 0. The van der Waals surface area contributed by atoms with Crippen molar-refractivity contribution in [2.24, 2.45) is 0 Å². The van der Waals surface area contributed by atoms with Crippen molar-refractivity contribution in [1.29, 1.82) is 0 Å². The van der Waals surface area contributed by atoms with Crippen LogP contribution in [0, 0.1) is 13.8 Å². The van der Waals surface area contributed by atoms with Crippen LogP contribution in [0.1, 0.15) is 38.6 Å². The van der Waals surface area contributed by atoms with Gasteiger partial charge in [0.05, 0.1) is 17.8 Å². The molecule has 0 unspecified atom stereocenters. The zero-order chi connectivity index (χ0) is 16.0. The first-order valence-corrected chi connectivity index (χ1v) is 7.49. The SMILES string of the molecule is CCN(CC(C)(C)O)C(=O)NCCCn1nc(C)cc1C. The second-order valence-corrected chi connectivity index (χ2v) is 6.06. The monoisotopic (exact) mass is 296 g/mol. The molecule has 0 saturated carbocycles. The van der Waals surface area contributed by atoms with E-state index in [-0.39, 0.29) is 6.03 Å². The van der Waals surface area contributed by atoms with Crippen LogP contribution in [-0.4, -0.2) is 51.1 Å². The Morgan fingerprint density at radius 1 is 1.48 bits per heavy atom. The molecule has 0 spiro atoms. The molecule has 0 aliphatic heterocycles. The maximum atomic E-state index is 12.0. The quantitative estimate of drug-likeness (QED) is 0.752. The number of aryl methyl sites for hydroxylation is 3. The number of rotatable bonds is 7. The van der Waals surface area contributed by atoms with Crippen LogP contribution in [0.5, 0.6) is 0 Å². The van der Waals surface area contributed by atoms with Gasteiger partial charge in [-0.15, -0.1) is 0 Å². The molecule has 2 amide bonds. The van der Waals surface area contributed by atoms with Crippen molar-refractivity contribution in [1.82, 2.24) is 20.0 Å². The Bertz CT molecular complexity index is 463. The number of hydrogen-bond acceptors (Lipinski definition) is 3. The Morgan fingerprint density at radius 2 is 2.14 bits per heavy atom. The fourth-order valence-corrected chi connectivity index (χ4v) is 2.23. The Kier molecular flexibility index (Phi) is 6.20. The van der Waals surface area contributed by atoms with Crippen molar-refractivity contribution in [2.75, 3.05) is 19.6 Å². The lowest BCUT2D eigenvalue weighted by Gasteiger charge is -2.28. The Labute approximate surface area is 127 Å². The molecule has 6 nitrogen and oxygen atoms in total. The lowest BCUT2D eigenvalue weighted by molar-refractivity contribution is 0.0480. The van der Waals surface area contributed by atoms with Crippen LogP contribution in [0.3, 0.4) is 0 Å². The van der Waals surface area contributed by atoms with Crippen LogP contribution in [0.2, 0.25) is 0 Å². The van der Waals surface area contributed by atoms with Gasteiger partial charge in [-0.3, -0.25) is 4.68 Å². The van der Waals surface area contributed by atoms with Gasteiger partial charge in [-0.2, -0.15) is 5.10 Å². The second kappa shape index (κ2) is 7.45. The van der Waals surface area contributed by atoms with E-state index < -0.39 is 5.60 Å². The summed E-state index contributed by atoms with van der Waals surface area (Å²) in [6.07, 6.45) is 0.827. The van der Waals surface area contributed by atoms with Crippen molar-refractivity contribution in [3.8, 4) is 0 Å². The highest BCUT2D eigenvalue weighted by Crippen LogP contribution is 2.05. The van der Waals surface area contributed by atoms with Crippen molar-refractivity contribution < 1.29 is 9.90 Å². The Balaban J connectivity index is 2.34. The lowest BCUT2D eigenvalue weighted by atomic mass is 10.1. The summed E-state index contributed by atoms with van der Waals surface area (Å²) in [5.41, 5.74) is 1.27. The first-order chi connectivity index (χ1) is 9.73. The van der Waals surface area contributed by atoms with E-state index in [2.05, 4.69) is 10.4 Å². The molecule has 0 atom stereocenters. The molecule has 0 aliphatic rings. The molecule has 1 aromatic heterocycles. The molecule has 1 heterocycles. The lowest BCUT2D eigenvalue weighted by Crippen LogP contribution is -2.47. The predicted octanol–water partition coefficient (Wildman–Crippen LogP) is 1.69. The first kappa shape index (κ1) is 17.5. The number of carbonyl (C=O) groups is 1. The third kappa shape index (κ3) is 6.16. The number of carbonyl (C=O) groups excluding carboxylic acids is 1. The van der Waals surface area contributed by atoms with Gasteiger partial charge < -0.3 is 15.3 Å². The fourth-order valence-electron chi connectivity index (χ4n) is 2.23. The molecular weight excluding hydrogens is 268 g/mol. The maximum absolute atomic E-state index is 12.0. The first-order valence-electron chi connectivity index (χ1n) is 7.49. The minimum absolute atomic E-state index is 0.131. The molecule has 0 bridgehead atoms. The van der Waals surface area contributed by atoms with Crippen LogP contribution in [0.15, 0.2) is 6.07 Å². The topological polar surface area (TPSA) is 70.4 Å². The molecule has 1 aromatic rings. The van der Waals surface area contributed by atoms with E-state index in [4.69, 9.17) is 0 Å². The van der Waals surface area contributed by atoms with Crippen LogP contribution in [0.4, 0.5) is 4.79 Å². The molecule has 0 aliphatic carbocycles. The Hall–Kier alpha value is -1.56. The van der Waals surface area contributed by atoms with Crippen molar-refractivity contribution in [3.05, 3.63) is 17.5 Å². The summed E-state index contributed by atoms with van der Waals surface area (Å²) < 4.78 is 1.95. The molecule has 0 aromatic carbocycles. The number of aliphatic hydroxyl groups is 1. The zero-order valence-corrected chi connectivity index (χ0v) is 13.8. The van der Waals surface area contributed by atoms with Crippen molar-refractivity contribution in [2.45, 2.75) is 53.2 Å². The average molecular weight is 296 g/mol. The molecule has 1 rings (SSSR count). The summed E-state index contributed by atoms with van der Waals surface area (Å²) in [5.74, 6) is 0.